The quantitative estimate of drug-likeness (QED) is 0.368. The summed E-state index contributed by atoms with van der Waals surface area (Å²) in [5, 5.41) is 11.1. The number of aromatic nitrogens is 3. The van der Waals surface area contributed by atoms with Gasteiger partial charge in [0.25, 0.3) is 0 Å². The Kier molecular flexibility index (Phi) is 9.39. The van der Waals surface area contributed by atoms with Gasteiger partial charge >= 0.3 is 0 Å². The number of nitrogens with zero attached hydrogens (tertiary/aromatic N) is 4. The van der Waals surface area contributed by atoms with Crippen molar-refractivity contribution in [3.63, 3.8) is 0 Å². The van der Waals surface area contributed by atoms with Crippen molar-refractivity contribution in [1.29, 1.82) is 0 Å². The first-order valence-corrected chi connectivity index (χ1v) is 8.57. The second-order valence-corrected chi connectivity index (χ2v) is 5.87. The molecule has 0 unspecified atom stereocenters. The molecule has 8 heteroatoms. The average Bonchev–Trinajstić information content (AvgIpc) is 2.86. The lowest BCUT2D eigenvalue weighted by Crippen LogP contribution is -2.36. The van der Waals surface area contributed by atoms with Gasteiger partial charge in [-0.1, -0.05) is 13.0 Å². The van der Waals surface area contributed by atoms with Crippen molar-refractivity contribution in [2.45, 2.75) is 40.3 Å². The summed E-state index contributed by atoms with van der Waals surface area (Å²) in [6, 6.07) is 3.92. The molecule has 0 aliphatic carbocycles. The summed E-state index contributed by atoms with van der Waals surface area (Å²) in [5.74, 6) is 1.40. The highest BCUT2D eigenvalue weighted by atomic mass is 127. The Morgan fingerprint density at radius 2 is 2.00 bits per heavy atom. The number of pyridine rings is 1. The molecule has 2 heterocycles. The van der Waals surface area contributed by atoms with Crippen molar-refractivity contribution in [3.05, 3.63) is 40.8 Å². The molecule has 2 N–H and O–H groups in total. The van der Waals surface area contributed by atoms with E-state index < -0.39 is 0 Å². The maximum absolute atomic E-state index is 5.69. The van der Waals surface area contributed by atoms with E-state index in [2.05, 4.69) is 39.6 Å². The van der Waals surface area contributed by atoms with Gasteiger partial charge in [-0.15, -0.1) is 24.0 Å². The van der Waals surface area contributed by atoms with Crippen molar-refractivity contribution in [2.24, 2.45) is 12.0 Å². The minimum atomic E-state index is 0. The molecule has 0 bridgehead atoms. The van der Waals surface area contributed by atoms with E-state index in [0.29, 0.717) is 25.6 Å². The number of nitrogens with one attached hydrogen (secondary N) is 2. The van der Waals surface area contributed by atoms with Gasteiger partial charge in [0.15, 0.2) is 5.96 Å². The largest absolute Gasteiger partial charge is 0.477 e. The van der Waals surface area contributed by atoms with E-state index in [1.165, 1.54) is 5.56 Å². The van der Waals surface area contributed by atoms with Crippen molar-refractivity contribution in [1.82, 2.24) is 25.4 Å². The van der Waals surface area contributed by atoms with Crippen LogP contribution in [0.4, 0.5) is 0 Å². The van der Waals surface area contributed by atoms with Crippen LogP contribution in [0.3, 0.4) is 0 Å². The first-order valence-electron chi connectivity index (χ1n) is 8.57. The molecule has 0 saturated carbocycles. The third kappa shape index (κ3) is 5.86. The van der Waals surface area contributed by atoms with Crippen LogP contribution in [0, 0.1) is 13.8 Å². The van der Waals surface area contributed by atoms with E-state index >= 15 is 0 Å². The number of guanidine groups is 1. The van der Waals surface area contributed by atoms with E-state index in [4.69, 9.17) is 4.74 Å². The zero-order chi connectivity index (χ0) is 18.2. The fourth-order valence-corrected chi connectivity index (χ4v) is 2.53. The molecule has 0 aliphatic rings. The van der Waals surface area contributed by atoms with Crippen LogP contribution in [0.2, 0.25) is 0 Å². The van der Waals surface area contributed by atoms with E-state index in [0.717, 1.165) is 29.3 Å². The summed E-state index contributed by atoms with van der Waals surface area (Å²) >= 11 is 0. The highest BCUT2D eigenvalue weighted by molar-refractivity contribution is 14.0. The minimum absolute atomic E-state index is 0. The zero-order valence-corrected chi connectivity index (χ0v) is 18.5. The maximum atomic E-state index is 5.69. The van der Waals surface area contributed by atoms with Crippen molar-refractivity contribution < 1.29 is 4.74 Å². The molecule has 2 rings (SSSR count). The molecule has 0 fully saturated rings. The zero-order valence-electron chi connectivity index (χ0n) is 16.2. The molecule has 144 valence electrons. The second kappa shape index (κ2) is 11.0. The van der Waals surface area contributed by atoms with Crippen molar-refractivity contribution >= 4 is 29.9 Å². The van der Waals surface area contributed by atoms with Gasteiger partial charge in [0, 0.05) is 50.2 Å². The van der Waals surface area contributed by atoms with Crippen molar-refractivity contribution in [2.75, 3.05) is 13.7 Å². The smallest absolute Gasteiger partial charge is 0.218 e. The lowest BCUT2D eigenvalue weighted by atomic mass is 10.2. The number of aliphatic imine (C=N–C) groups is 1. The van der Waals surface area contributed by atoms with Gasteiger partial charge in [-0.05, 0) is 26.3 Å². The fraction of sp³-hybridized carbons (Fsp3) is 0.500. The number of ether oxygens (including phenoxy) is 1. The molecule has 0 radical (unpaired) electrons. The molecule has 0 spiro atoms. The van der Waals surface area contributed by atoms with E-state index in [9.17, 15) is 0 Å². The van der Waals surface area contributed by atoms with Crippen LogP contribution >= 0.6 is 24.0 Å². The van der Waals surface area contributed by atoms with E-state index in [1.807, 2.05) is 30.8 Å². The number of aryl methyl sites for hydroxylation is 2. The Bertz CT molecular complexity index is 728. The normalized spacial score (nSPS) is 11.0. The van der Waals surface area contributed by atoms with Gasteiger partial charge < -0.3 is 15.4 Å². The summed E-state index contributed by atoms with van der Waals surface area (Å²) < 4.78 is 7.59. The number of halogens is 1. The fourth-order valence-electron chi connectivity index (χ4n) is 2.53. The number of hydrogen-bond acceptors (Lipinski definition) is 4. The maximum Gasteiger partial charge on any atom is 0.218 e. The highest BCUT2D eigenvalue weighted by Crippen LogP contribution is 2.14. The summed E-state index contributed by atoms with van der Waals surface area (Å²) in [6.07, 6.45) is 2.70. The SMILES string of the molecule is CCCOc1ncccc1CNC(=NC)NCc1c(C)nn(C)c1C.I. The molecule has 0 atom stereocenters. The second-order valence-electron chi connectivity index (χ2n) is 5.87. The molecule has 26 heavy (non-hydrogen) atoms. The summed E-state index contributed by atoms with van der Waals surface area (Å²) in [4.78, 5) is 8.59. The first-order chi connectivity index (χ1) is 12.1. The molecule has 2 aromatic heterocycles. The van der Waals surface area contributed by atoms with Crippen LogP contribution in [-0.4, -0.2) is 34.4 Å². The van der Waals surface area contributed by atoms with Crippen molar-refractivity contribution in [3.8, 4) is 5.88 Å². The third-order valence-electron chi connectivity index (χ3n) is 4.05. The molecule has 7 nitrogen and oxygen atoms in total. The summed E-state index contributed by atoms with van der Waals surface area (Å²) in [5.41, 5.74) is 4.39. The molecule has 0 amide bonds. The number of rotatable bonds is 7. The van der Waals surface area contributed by atoms with Gasteiger partial charge in [-0.25, -0.2) is 4.98 Å². The monoisotopic (exact) mass is 472 g/mol. The Morgan fingerprint density at radius 3 is 2.62 bits per heavy atom. The van der Waals surface area contributed by atoms with Crippen LogP contribution in [-0.2, 0) is 20.1 Å². The average molecular weight is 472 g/mol. The van der Waals surface area contributed by atoms with Crippen LogP contribution in [0.1, 0.15) is 35.9 Å². The molecular weight excluding hydrogens is 443 g/mol. The Balaban J connectivity index is 0.00000338. The number of hydrogen-bond donors (Lipinski definition) is 2. The first kappa shape index (κ1) is 22.2. The van der Waals surface area contributed by atoms with E-state index in [1.54, 1.807) is 13.2 Å². The topological polar surface area (TPSA) is 76.4 Å². The Labute approximate surface area is 172 Å². The molecule has 0 saturated heterocycles. The standard InChI is InChI=1S/C18H28N6O.HI/c1-6-10-25-17-15(8-7-9-20-17)11-21-18(19-4)22-12-16-13(2)23-24(5)14(16)3;/h7-9H,6,10-12H2,1-5H3,(H2,19,21,22);1H. The summed E-state index contributed by atoms with van der Waals surface area (Å²) in [7, 11) is 3.72. The van der Waals surface area contributed by atoms with Crippen LogP contribution in [0.25, 0.3) is 0 Å². The Morgan fingerprint density at radius 1 is 1.27 bits per heavy atom. The van der Waals surface area contributed by atoms with Crippen LogP contribution in [0.5, 0.6) is 5.88 Å². The Hall–Kier alpha value is -1.84. The van der Waals surface area contributed by atoms with Crippen LogP contribution in [0.15, 0.2) is 23.3 Å². The minimum Gasteiger partial charge on any atom is -0.477 e. The van der Waals surface area contributed by atoms with Gasteiger partial charge in [-0.2, -0.15) is 5.10 Å². The van der Waals surface area contributed by atoms with Crippen LogP contribution < -0.4 is 15.4 Å². The predicted octanol–water partition coefficient (Wildman–Crippen LogP) is 2.70. The van der Waals surface area contributed by atoms with Gasteiger partial charge in [-0.3, -0.25) is 9.67 Å². The molecule has 0 aliphatic heterocycles. The molecule has 2 aromatic rings. The van der Waals surface area contributed by atoms with E-state index in [-0.39, 0.29) is 24.0 Å². The molecular formula is C18H29IN6O. The predicted molar refractivity (Wildman–Crippen MR) is 115 cm³/mol. The summed E-state index contributed by atoms with van der Waals surface area (Å²) in [6.45, 7) is 8.11. The lowest BCUT2D eigenvalue weighted by Gasteiger charge is -2.14. The highest BCUT2D eigenvalue weighted by Gasteiger charge is 2.10. The molecule has 0 aromatic carbocycles. The third-order valence-corrected chi connectivity index (χ3v) is 4.05. The lowest BCUT2D eigenvalue weighted by molar-refractivity contribution is 0.301. The van der Waals surface area contributed by atoms with Gasteiger partial charge in [0.05, 0.1) is 12.3 Å². The van der Waals surface area contributed by atoms with Gasteiger partial charge in [0.2, 0.25) is 5.88 Å². The van der Waals surface area contributed by atoms with Gasteiger partial charge in [0.1, 0.15) is 0 Å².